The Hall–Kier alpha value is -1.74. The lowest BCUT2D eigenvalue weighted by molar-refractivity contribution is 0.444. The molecule has 2 heterocycles. The van der Waals surface area contributed by atoms with E-state index in [0.717, 1.165) is 37.7 Å². The molecule has 1 N–H and O–H groups in total. The summed E-state index contributed by atoms with van der Waals surface area (Å²) in [5.41, 5.74) is 2.82. The van der Waals surface area contributed by atoms with E-state index in [2.05, 4.69) is 53.5 Å². The molecule has 0 saturated heterocycles. The van der Waals surface area contributed by atoms with Crippen molar-refractivity contribution >= 4 is 5.69 Å². The largest absolute Gasteiger partial charge is 0.463 e. The lowest BCUT2D eigenvalue weighted by Gasteiger charge is -2.30. The van der Waals surface area contributed by atoms with Crippen LogP contribution in [0.1, 0.15) is 30.4 Å². The third kappa shape index (κ3) is 2.88. The number of furan rings is 1. The molecule has 2 aromatic rings. The van der Waals surface area contributed by atoms with Gasteiger partial charge in [-0.3, -0.25) is 0 Å². The smallest absolute Gasteiger partial charge is 0.123 e. The van der Waals surface area contributed by atoms with Gasteiger partial charge in [-0.05, 0) is 43.1 Å². The van der Waals surface area contributed by atoms with E-state index in [1.165, 1.54) is 24.1 Å². The van der Waals surface area contributed by atoms with Crippen molar-refractivity contribution in [1.29, 1.82) is 0 Å². The van der Waals surface area contributed by atoms with Crippen molar-refractivity contribution in [3.05, 3.63) is 53.5 Å². The lowest BCUT2D eigenvalue weighted by atomic mass is 10.0. The minimum atomic E-state index is 0.813. The van der Waals surface area contributed by atoms with Gasteiger partial charge in [0, 0.05) is 12.2 Å². The third-order valence-corrected chi connectivity index (χ3v) is 3.82. The Balaban J connectivity index is 1.71. The summed E-state index contributed by atoms with van der Waals surface area (Å²) >= 11 is 0. The van der Waals surface area contributed by atoms with Gasteiger partial charge in [0.15, 0.2) is 0 Å². The van der Waals surface area contributed by atoms with Crippen LogP contribution in [0.3, 0.4) is 0 Å². The molecule has 0 radical (unpaired) electrons. The van der Waals surface area contributed by atoms with Crippen LogP contribution in [-0.2, 0) is 19.5 Å². The fraction of sp³-hybridized carbons (Fsp3) is 0.412. The van der Waals surface area contributed by atoms with E-state index in [4.69, 9.17) is 4.42 Å². The summed E-state index contributed by atoms with van der Waals surface area (Å²) in [5.74, 6) is 2.07. The van der Waals surface area contributed by atoms with Gasteiger partial charge in [-0.25, -0.2) is 0 Å². The number of benzene rings is 1. The number of nitrogens with zero attached hydrogens (tertiary/aromatic N) is 1. The minimum absolute atomic E-state index is 0.813. The fourth-order valence-corrected chi connectivity index (χ4v) is 2.81. The molecule has 0 bridgehead atoms. The van der Waals surface area contributed by atoms with Gasteiger partial charge in [-0.15, -0.1) is 0 Å². The van der Waals surface area contributed by atoms with Gasteiger partial charge in [0.1, 0.15) is 11.5 Å². The van der Waals surface area contributed by atoms with Crippen LogP contribution in [0, 0.1) is 0 Å². The van der Waals surface area contributed by atoms with Crippen LogP contribution >= 0.6 is 0 Å². The molecule has 1 aromatic carbocycles. The van der Waals surface area contributed by atoms with E-state index in [-0.39, 0.29) is 0 Å². The Morgan fingerprint density at radius 1 is 1.15 bits per heavy atom. The summed E-state index contributed by atoms with van der Waals surface area (Å²) in [6.45, 7) is 5.86. The van der Waals surface area contributed by atoms with Crippen LogP contribution < -0.4 is 10.2 Å². The van der Waals surface area contributed by atoms with Gasteiger partial charge in [0.2, 0.25) is 0 Å². The highest BCUT2D eigenvalue weighted by Crippen LogP contribution is 2.28. The zero-order valence-electron chi connectivity index (χ0n) is 12.1. The molecule has 0 saturated carbocycles. The first kappa shape index (κ1) is 13.3. The molecule has 1 aromatic heterocycles. The van der Waals surface area contributed by atoms with Gasteiger partial charge in [-0.1, -0.05) is 25.1 Å². The van der Waals surface area contributed by atoms with Crippen molar-refractivity contribution in [1.82, 2.24) is 5.32 Å². The average molecular weight is 270 g/mol. The highest BCUT2D eigenvalue weighted by Gasteiger charge is 2.17. The van der Waals surface area contributed by atoms with Gasteiger partial charge < -0.3 is 14.6 Å². The maximum Gasteiger partial charge on any atom is 0.123 e. The first-order chi connectivity index (χ1) is 9.86. The molecule has 0 aliphatic carbocycles. The molecule has 0 amide bonds. The lowest BCUT2D eigenvalue weighted by Crippen LogP contribution is -2.28. The van der Waals surface area contributed by atoms with Crippen LogP contribution in [0.15, 0.2) is 40.8 Å². The predicted molar refractivity (Wildman–Crippen MR) is 81.9 cm³/mol. The SMILES string of the molecule is CCNCc1ccc(CN2CCCc3ccccc32)o1. The maximum atomic E-state index is 5.90. The van der Waals surface area contributed by atoms with Gasteiger partial charge in [0.25, 0.3) is 0 Å². The molecule has 106 valence electrons. The monoisotopic (exact) mass is 270 g/mol. The molecule has 0 spiro atoms. The second-order valence-electron chi connectivity index (χ2n) is 5.30. The van der Waals surface area contributed by atoms with Gasteiger partial charge in [0.05, 0.1) is 13.1 Å². The van der Waals surface area contributed by atoms with E-state index >= 15 is 0 Å². The number of anilines is 1. The Bertz CT molecular complexity index is 562. The molecule has 0 fully saturated rings. The topological polar surface area (TPSA) is 28.4 Å². The molecule has 0 atom stereocenters. The van der Waals surface area contributed by atoms with Crippen LogP contribution in [-0.4, -0.2) is 13.1 Å². The number of hydrogen-bond donors (Lipinski definition) is 1. The highest BCUT2D eigenvalue weighted by atomic mass is 16.3. The number of nitrogens with one attached hydrogen (secondary N) is 1. The second-order valence-corrected chi connectivity index (χ2v) is 5.30. The molecule has 1 aliphatic rings. The first-order valence-corrected chi connectivity index (χ1v) is 7.48. The molecule has 3 nitrogen and oxygen atoms in total. The average Bonchev–Trinajstić information content (AvgIpc) is 2.93. The van der Waals surface area contributed by atoms with Crippen molar-refractivity contribution in [3.8, 4) is 0 Å². The van der Waals surface area contributed by atoms with Crippen LogP contribution in [0.5, 0.6) is 0 Å². The molecule has 0 unspecified atom stereocenters. The van der Waals surface area contributed by atoms with Gasteiger partial charge >= 0.3 is 0 Å². The minimum Gasteiger partial charge on any atom is -0.463 e. The van der Waals surface area contributed by atoms with E-state index in [9.17, 15) is 0 Å². The van der Waals surface area contributed by atoms with E-state index in [1.807, 2.05) is 0 Å². The second kappa shape index (κ2) is 6.14. The quantitative estimate of drug-likeness (QED) is 0.903. The van der Waals surface area contributed by atoms with E-state index in [1.54, 1.807) is 0 Å². The summed E-state index contributed by atoms with van der Waals surface area (Å²) in [6.07, 6.45) is 2.42. The first-order valence-electron chi connectivity index (χ1n) is 7.48. The third-order valence-electron chi connectivity index (χ3n) is 3.82. The van der Waals surface area contributed by atoms with Gasteiger partial charge in [-0.2, -0.15) is 0 Å². The van der Waals surface area contributed by atoms with Crippen molar-refractivity contribution in [2.45, 2.75) is 32.9 Å². The van der Waals surface area contributed by atoms with Crippen molar-refractivity contribution in [2.75, 3.05) is 18.0 Å². The van der Waals surface area contributed by atoms with E-state index in [0.29, 0.717) is 0 Å². The Kier molecular flexibility index (Phi) is 4.07. The summed E-state index contributed by atoms with van der Waals surface area (Å²) in [5, 5.41) is 3.29. The van der Waals surface area contributed by atoms with Crippen molar-refractivity contribution < 1.29 is 4.42 Å². The van der Waals surface area contributed by atoms with E-state index < -0.39 is 0 Å². The summed E-state index contributed by atoms with van der Waals surface area (Å²) < 4.78 is 5.90. The summed E-state index contributed by atoms with van der Waals surface area (Å²) in [6, 6.07) is 12.9. The molecular formula is C17H22N2O. The molecule has 1 aliphatic heterocycles. The number of rotatable bonds is 5. The number of hydrogen-bond acceptors (Lipinski definition) is 3. The zero-order chi connectivity index (χ0) is 13.8. The zero-order valence-corrected chi connectivity index (χ0v) is 12.1. The number of aryl methyl sites for hydroxylation is 1. The van der Waals surface area contributed by atoms with Crippen molar-refractivity contribution in [2.24, 2.45) is 0 Å². The molecule has 3 heteroatoms. The van der Waals surface area contributed by atoms with Crippen molar-refractivity contribution in [3.63, 3.8) is 0 Å². The molecular weight excluding hydrogens is 248 g/mol. The molecule has 20 heavy (non-hydrogen) atoms. The number of para-hydroxylation sites is 1. The Labute approximate surface area is 120 Å². The summed E-state index contributed by atoms with van der Waals surface area (Å²) in [4.78, 5) is 2.43. The number of fused-ring (bicyclic) bond motifs is 1. The standard InChI is InChI=1S/C17H22N2O/c1-2-18-12-15-9-10-16(20-15)13-19-11-5-7-14-6-3-4-8-17(14)19/h3-4,6,8-10,18H,2,5,7,11-13H2,1H3. The molecule has 3 rings (SSSR count). The van der Waals surface area contributed by atoms with Crippen LogP contribution in [0.2, 0.25) is 0 Å². The van der Waals surface area contributed by atoms with Crippen LogP contribution in [0.25, 0.3) is 0 Å². The normalized spacial score (nSPS) is 14.3. The fourth-order valence-electron chi connectivity index (χ4n) is 2.81. The summed E-state index contributed by atoms with van der Waals surface area (Å²) in [7, 11) is 0. The highest BCUT2D eigenvalue weighted by molar-refractivity contribution is 5.55. The predicted octanol–water partition coefficient (Wildman–Crippen LogP) is 3.34. The maximum absolute atomic E-state index is 5.90. The Morgan fingerprint density at radius 2 is 2.00 bits per heavy atom. The Morgan fingerprint density at radius 3 is 2.90 bits per heavy atom. The van der Waals surface area contributed by atoms with Crippen LogP contribution in [0.4, 0.5) is 5.69 Å².